The SMILES string of the molecule is CCN(CC)C(=O)Nc1ccc(S(=O)(=O)Nc2cccc(Cl)c2)cc1. The molecular weight excluding hydrogens is 362 g/mol. The van der Waals surface area contributed by atoms with Crippen LogP contribution in [0.25, 0.3) is 0 Å². The van der Waals surface area contributed by atoms with Crippen LogP contribution in [0.3, 0.4) is 0 Å². The van der Waals surface area contributed by atoms with Gasteiger partial charge in [-0.05, 0) is 56.3 Å². The van der Waals surface area contributed by atoms with Crippen molar-refractivity contribution in [1.82, 2.24) is 4.90 Å². The van der Waals surface area contributed by atoms with Crippen LogP contribution in [0.1, 0.15) is 13.8 Å². The molecule has 2 rings (SSSR count). The molecule has 0 atom stereocenters. The molecule has 8 heteroatoms. The molecule has 0 unspecified atom stereocenters. The lowest BCUT2D eigenvalue weighted by atomic mass is 10.3. The van der Waals surface area contributed by atoms with Gasteiger partial charge in [-0.15, -0.1) is 0 Å². The Morgan fingerprint density at radius 1 is 1.04 bits per heavy atom. The highest BCUT2D eigenvalue weighted by Gasteiger charge is 2.15. The summed E-state index contributed by atoms with van der Waals surface area (Å²) in [5.41, 5.74) is 0.907. The van der Waals surface area contributed by atoms with Gasteiger partial charge in [-0.1, -0.05) is 17.7 Å². The van der Waals surface area contributed by atoms with Crippen LogP contribution in [0.2, 0.25) is 5.02 Å². The molecule has 2 N–H and O–H groups in total. The van der Waals surface area contributed by atoms with E-state index >= 15 is 0 Å². The number of urea groups is 1. The summed E-state index contributed by atoms with van der Waals surface area (Å²) in [6.07, 6.45) is 0. The largest absolute Gasteiger partial charge is 0.325 e. The third-order valence-electron chi connectivity index (χ3n) is 3.54. The predicted octanol–water partition coefficient (Wildman–Crippen LogP) is 4.01. The van der Waals surface area contributed by atoms with Crippen LogP contribution < -0.4 is 10.0 Å². The highest BCUT2D eigenvalue weighted by atomic mass is 35.5. The van der Waals surface area contributed by atoms with Crippen LogP contribution in [0.5, 0.6) is 0 Å². The summed E-state index contributed by atoms with van der Waals surface area (Å²) in [5, 5.41) is 3.17. The van der Waals surface area contributed by atoms with Gasteiger partial charge in [0.2, 0.25) is 0 Å². The average molecular weight is 382 g/mol. The van der Waals surface area contributed by atoms with E-state index in [2.05, 4.69) is 10.0 Å². The highest BCUT2D eigenvalue weighted by molar-refractivity contribution is 7.92. The van der Waals surface area contributed by atoms with E-state index in [0.29, 0.717) is 29.5 Å². The minimum atomic E-state index is -3.73. The fourth-order valence-corrected chi connectivity index (χ4v) is 3.44. The van der Waals surface area contributed by atoms with Crippen LogP contribution in [0.15, 0.2) is 53.4 Å². The molecule has 2 amide bonds. The predicted molar refractivity (Wildman–Crippen MR) is 101 cm³/mol. The summed E-state index contributed by atoms with van der Waals surface area (Å²) in [5.74, 6) is 0. The normalized spacial score (nSPS) is 11.0. The van der Waals surface area contributed by atoms with E-state index in [1.165, 1.54) is 18.2 Å². The molecule has 6 nitrogen and oxygen atoms in total. The quantitative estimate of drug-likeness (QED) is 0.793. The van der Waals surface area contributed by atoms with Crippen molar-refractivity contribution in [2.24, 2.45) is 0 Å². The standard InChI is InChI=1S/C17H20ClN3O3S/c1-3-21(4-2)17(22)19-14-8-10-16(11-9-14)25(23,24)20-15-7-5-6-13(18)12-15/h5-12,20H,3-4H2,1-2H3,(H,19,22). The molecule has 2 aromatic rings. The number of benzene rings is 2. The van der Waals surface area contributed by atoms with Crippen LogP contribution in [-0.4, -0.2) is 32.4 Å². The lowest BCUT2D eigenvalue weighted by Crippen LogP contribution is -2.34. The average Bonchev–Trinajstić information content (AvgIpc) is 2.56. The minimum Gasteiger partial charge on any atom is -0.325 e. The number of hydrogen-bond donors (Lipinski definition) is 2. The second-order valence-electron chi connectivity index (χ2n) is 5.24. The molecule has 0 aliphatic heterocycles. The van der Waals surface area contributed by atoms with Crippen LogP contribution in [0, 0.1) is 0 Å². The summed E-state index contributed by atoms with van der Waals surface area (Å²) in [7, 11) is -3.73. The Kier molecular flexibility index (Phi) is 6.27. The summed E-state index contributed by atoms with van der Waals surface area (Å²) < 4.78 is 27.3. The smallest absolute Gasteiger partial charge is 0.321 e. The van der Waals surface area contributed by atoms with E-state index in [1.54, 1.807) is 35.2 Å². The van der Waals surface area contributed by atoms with Crippen molar-refractivity contribution >= 4 is 39.0 Å². The molecule has 0 aliphatic carbocycles. The molecule has 2 aromatic carbocycles. The van der Waals surface area contributed by atoms with Gasteiger partial charge < -0.3 is 10.2 Å². The van der Waals surface area contributed by atoms with E-state index in [1.807, 2.05) is 13.8 Å². The van der Waals surface area contributed by atoms with E-state index in [0.717, 1.165) is 0 Å². The maximum Gasteiger partial charge on any atom is 0.321 e. The number of carbonyl (C=O) groups excluding carboxylic acids is 1. The number of nitrogens with one attached hydrogen (secondary N) is 2. The Bertz CT molecular complexity index is 834. The first-order chi connectivity index (χ1) is 11.9. The van der Waals surface area contributed by atoms with Gasteiger partial charge in [0, 0.05) is 23.8 Å². The van der Waals surface area contributed by atoms with Crippen molar-refractivity contribution in [2.45, 2.75) is 18.7 Å². The second kappa shape index (κ2) is 8.22. The minimum absolute atomic E-state index is 0.0910. The van der Waals surface area contributed by atoms with Crippen molar-refractivity contribution < 1.29 is 13.2 Å². The molecule has 0 fully saturated rings. The monoisotopic (exact) mass is 381 g/mol. The zero-order valence-corrected chi connectivity index (χ0v) is 15.6. The number of carbonyl (C=O) groups is 1. The number of hydrogen-bond acceptors (Lipinski definition) is 3. The number of nitrogens with zero attached hydrogens (tertiary/aromatic N) is 1. The van der Waals surface area contributed by atoms with Crippen LogP contribution in [0.4, 0.5) is 16.2 Å². The number of amides is 2. The molecule has 0 aromatic heterocycles. The molecule has 0 spiro atoms. The molecule has 0 saturated heterocycles. The summed E-state index contributed by atoms with van der Waals surface area (Å²) in [4.78, 5) is 13.7. The lowest BCUT2D eigenvalue weighted by molar-refractivity contribution is 0.217. The second-order valence-corrected chi connectivity index (χ2v) is 7.36. The van der Waals surface area contributed by atoms with E-state index in [4.69, 9.17) is 11.6 Å². The maximum absolute atomic E-state index is 12.4. The Morgan fingerprint density at radius 2 is 1.68 bits per heavy atom. The maximum atomic E-state index is 12.4. The third-order valence-corrected chi connectivity index (χ3v) is 5.18. The molecule has 0 heterocycles. The number of anilines is 2. The number of halogens is 1. The Hall–Kier alpha value is -2.25. The zero-order valence-electron chi connectivity index (χ0n) is 14.0. The molecule has 0 saturated carbocycles. The van der Waals surface area contributed by atoms with Crippen molar-refractivity contribution in [2.75, 3.05) is 23.1 Å². The van der Waals surface area contributed by atoms with Gasteiger partial charge in [-0.2, -0.15) is 0 Å². The number of sulfonamides is 1. The molecule has 134 valence electrons. The fraction of sp³-hybridized carbons (Fsp3) is 0.235. The van der Waals surface area contributed by atoms with Crippen LogP contribution in [-0.2, 0) is 10.0 Å². The Labute approximate surface area is 152 Å². The third kappa shape index (κ3) is 5.11. The fourth-order valence-electron chi connectivity index (χ4n) is 2.20. The topological polar surface area (TPSA) is 78.5 Å². The summed E-state index contributed by atoms with van der Waals surface area (Å²) in [6, 6.07) is 12.2. The first-order valence-corrected chi connectivity index (χ1v) is 9.66. The summed E-state index contributed by atoms with van der Waals surface area (Å²) in [6.45, 7) is 4.97. The molecule has 0 radical (unpaired) electrons. The van der Waals surface area contributed by atoms with Gasteiger partial charge in [0.1, 0.15) is 0 Å². The van der Waals surface area contributed by atoms with Gasteiger partial charge in [0.25, 0.3) is 10.0 Å². The van der Waals surface area contributed by atoms with Gasteiger partial charge >= 0.3 is 6.03 Å². The first kappa shape index (κ1) is 19.1. The van der Waals surface area contributed by atoms with Crippen molar-refractivity contribution in [3.05, 3.63) is 53.6 Å². The molecule has 0 bridgehead atoms. The van der Waals surface area contributed by atoms with Crippen molar-refractivity contribution in [3.63, 3.8) is 0 Å². The summed E-state index contributed by atoms with van der Waals surface area (Å²) >= 11 is 5.86. The Balaban J connectivity index is 2.11. The first-order valence-electron chi connectivity index (χ1n) is 7.80. The highest BCUT2D eigenvalue weighted by Crippen LogP contribution is 2.20. The van der Waals surface area contributed by atoms with Crippen molar-refractivity contribution in [1.29, 1.82) is 0 Å². The van der Waals surface area contributed by atoms with E-state index < -0.39 is 10.0 Å². The molecule has 25 heavy (non-hydrogen) atoms. The Morgan fingerprint density at radius 3 is 2.24 bits per heavy atom. The van der Waals surface area contributed by atoms with Crippen LogP contribution >= 0.6 is 11.6 Å². The zero-order chi connectivity index (χ0) is 18.4. The van der Waals surface area contributed by atoms with E-state index in [-0.39, 0.29) is 10.9 Å². The van der Waals surface area contributed by atoms with Gasteiger partial charge in [0.15, 0.2) is 0 Å². The lowest BCUT2D eigenvalue weighted by Gasteiger charge is -2.19. The van der Waals surface area contributed by atoms with Gasteiger partial charge in [-0.25, -0.2) is 13.2 Å². The van der Waals surface area contributed by atoms with E-state index in [9.17, 15) is 13.2 Å². The molecular formula is C17H20ClN3O3S. The van der Waals surface area contributed by atoms with Crippen molar-refractivity contribution in [3.8, 4) is 0 Å². The van der Waals surface area contributed by atoms with Gasteiger partial charge in [0.05, 0.1) is 10.6 Å². The number of rotatable bonds is 6. The van der Waals surface area contributed by atoms with Gasteiger partial charge in [-0.3, -0.25) is 4.72 Å². The molecule has 0 aliphatic rings.